The Morgan fingerprint density at radius 1 is 1.00 bits per heavy atom. The van der Waals surface area contributed by atoms with Gasteiger partial charge in [-0.2, -0.15) is 0 Å². The number of nitrogens with zero attached hydrogens (tertiary/aromatic N) is 4. The summed E-state index contributed by atoms with van der Waals surface area (Å²) in [6.07, 6.45) is 5.46. The second-order valence-electron chi connectivity index (χ2n) is 8.39. The van der Waals surface area contributed by atoms with Crippen LogP contribution >= 0.6 is 22.9 Å². The molecule has 34 heavy (non-hydrogen) atoms. The number of aromatic nitrogens is 4. The van der Waals surface area contributed by atoms with E-state index in [1.165, 1.54) is 26.4 Å². The lowest BCUT2D eigenvalue weighted by Gasteiger charge is -2.13. The van der Waals surface area contributed by atoms with Crippen molar-refractivity contribution in [2.24, 2.45) is 0 Å². The summed E-state index contributed by atoms with van der Waals surface area (Å²) in [5.74, 6) is 0. The molecule has 9 heteroatoms. The minimum atomic E-state index is -0.464. The molecule has 1 aliphatic rings. The first kappa shape index (κ1) is 21.1. The average molecular weight is 491 g/mol. The van der Waals surface area contributed by atoms with Crippen molar-refractivity contribution in [2.75, 3.05) is 0 Å². The van der Waals surface area contributed by atoms with Gasteiger partial charge in [0.1, 0.15) is 10.5 Å². The van der Waals surface area contributed by atoms with Crippen molar-refractivity contribution in [3.8, 4) is 5.69 Å². The van der Waals surface area contributed by atoms with Crippen LogP contribution in [0.5, 0.6) is 0 Å². The van der Waals surface area contributed by atoms with E-state index in [0.717, 1.165) is 36.1 Å². The number of pyridine rings is 1. The van der Waals surface area contributed by atoms with E-state index in [1.807, 2.05) is 6.07 Å². The number of rotatable bonds is 3. The molecule has 170 valence electrons. The predicted octanol–water partition coefficient (Wildman–Crippen LogP) is 3.80. The van der Waals surface area contributed by atoms with E-state index < -0.39 is 5.69 Å². The zero-order valence-corrected chi connectivity index (χ0v) is 19.6. The maximum Gasteiger partial charge on any atom is 0.337 e. The summed E-state index contributed by atoms with van der Waals surface area (Å²) >= 11 is 7.55. The van der Waals surface area contributed by atoms with Crippen LogP contribution in [0.2, 0.25) is 5.02 Å². The van der Waals surface area contributed by atoms with Crippen LogP contribution in [0.1, 0.15) is 29.0 Å². The molecule has 0 N–H and O–H groups in total. The van der Waals surface area contributed by atoms with Crippen molar-refractivity contribution >= 4 is 38.8 Å². The van der Waals surface area contributed by atoms with Gasteiger partial charge in [0.05, 0.1) is 23.3 Å². The van der Waals surface area contributed by atoms with Crippen LogP contribution in [-0.2, 0) is 19.4 Å². The van der Waals surface area contributed by atoms with E-state index in [9.17, 15) is 14.4 Å². The van der Waals surface area contributed by atoms with Gasteiger partial charge in [0.25, 0.3) is 11.1 Å². The number of hydrogen-bond acceptors (Lipinski definition) is 5. The number of fused-ring (bicyclic) bond motifs is 4. The van der Waals surface area contributed by atoms with Crippen molar-refractivity contribution in [3.63, 3.8) is 0 Å². The Labute approximate surface area is 202 Å². The number of halogens is 1. The zero-order chi connectivity index (χ0) is 23.4. The number of benzene rings is 1. The van der Waals surface area contributed by atoms with Crippen LogP contribution in [-0.4, -0.2) is 18.5 Å². The van der Waals surface area contributed by atoms with Crippen LogP contribution in [0.3, 0.4) is 0 Å². The highest BCUT2D eigenvalue weighted by Gasteiger charge is 2.24. The molecule has 0 atom stereocenters. The SMILES string of the molecule is O=c1c2c3c(sc2n(Cc2cc(=O)n4ccccc4n2)c(=O)n1-c1ccc(Cl)cc1)CCCC3. The number of hydrogen-bond donors (Lipinski definition) is 0. The molecule has 4 heterocycles. The first-order valence-electron chi connectivity index (χ1n) is 11.0. The molecule has 0 unspecified atom stereocenters. The molecule has 0 fully saturated rings. The molecule has 0 aliphatic heterocycles. The van der Waals surface area contributed by atoms with Crippen LogP contribution in [0.25, 0.3) is 21.6 Å². The van der Waals surface area contributed by atoms with Gasteiger partial charge in [0, 0.05) is 22.2 Å². The maximum atomic E-state index is 13.7. The van der Waals surface area contributed by atoms with Gasteiger partial charge in [-0.25, -0.2) is 14.3 Å². The van der Waals surface area contributed by atoms with E-state index in [1.54, 1.807) is 47.2 Å². The highest BCUT2D eigenvalue weighted by atomic mass is 35.5. The van der Waals surface area contributed by atoms with Crippen molar-refractivity contribution in [3.05, 3.63) is 107 Å². The number of thiophene rings is 1. The topological polar surface area (TPSA) is 78.4 Å². The van der Waals surface area contributed by atoms with Gasteiger partial charge in [-0.3, -0.25) is 18.6 Å². The smallest absolute Gasteiger partial charge is 0.278 e. The minimum absolute atomic E-state index is 0.0865. The standard InChI is InChI=1S/C25H19ClN4O3S/c26-15-8-10-17(11-9-15)30-23(32)22-18-5-1-2-6-19(18)34-24(22)29(25(30)33)14-16-13-21(31)28-12-4-3-7-20(28)27-16/h3-4,7-13H,1-2,5-6,14H2. The summed E-state index contributed by atoms with van der Waals surface area (Å²) in [5.41, 5.74) is 1.47. The van der Waals surface area contributed by atoms with E-state index in [2.05, 4.69) is 4.98 Å². The van der Waals surface area contributed by atoms with Crippen LogP contribution < -0.4 is 16.8 Å². The molecule has 1 aromatic carbocycles. The van der Waals surface area contributed by atoms with E-state index >= 15 is 0 Å². The molecular weight excluding hydrogens is 472 g/mol. The Kier molecular flexibility index (Phi) is 5.00. The molecule has 7 nitrogen and oxygen atoms in total. The molecular formula is C25H19ClN4O3S. The molecule has 0 saturated heterocycles. The highest BCUT2D eigenvalue weighted by molar-refractivity contribution is 7.18. The Balaban J connectivity index is 1.64. The summed E-state index contributed by atoms with van der Waals surface area (Å²) in [4.78, 5) is 46.4. The van der Waals surface area contributed by atoms with Crippen LogP contribution in [0.15, 0.2) is 69.1 Å². The van der Waals surface area contributed by atoms with Gasteiger partial charge in [-0.05, 0) is 67.6 Å². The Morgan fingerprint density at radius 3 is 2.62 bits per heavy atom. The highest BCUT2D eigenvalue weighted by Crippen LogP contribution is 2.34. The van der Waals surface area contributed by atoms with Crippen LogP contribution in [0, 0.1) is 0 Å². The first-order valence-corrected chi connectivity index (χ1v) is 12.2. The molecule has 6 rings (SSSR count). The largest absolute Gasteiger partial charge is 0.337 e. The molecule has 5 aromatic rings. The van der Waals surface area contributed by atoms with Gasteiger partial charge < -0.3 is 0 Å². The fourth-order valence-electron chi connectivity index (χ4n) is 4.67. The summed E-state index contributed by atoms with van der Waals surface area (Å²) in [6, 6.07) is 13.4. The first-order chi connectivity index (χ1) is 16.5. The quantitative estimate of drug-likeness (QED) is 0.385. The third kappa shape index (κ3) is 3.33. The third-order valence-electron chi connectivity index (χ3n) is 6.27. The molecule has 1 aliphatic carbocycles. The lowest BCUT2D eigenvalue weighted by atomic mass is 9.97. The molecule has 0 radical (unpaired) electrons. The minimum Gasteiger partial charge on any atom is -0.278 e. The third-order valence-corrected chi connectivity index (χ3v) is 7.83. The second kappa shape index (κ2) is 8.07. The fraction of sp³-hybridized carbons (Fsp3) is 0.200. The van der Waals surface area contributed by atoms with Gasteiger partial charge in [0.2, 0.25) is 0 Å². The summed E-state index contributed by atoms with van der Waals surface area (Å²) in [6.45, 7) is 0.0865. The van der Waals surface area contributed by atoms with Crippen molar-refractivity contribution < 1.29 is 0 Å². The van der Waals surface area contributed by atoms with E-state index in [-0.39, 0.29) is 17.7 Å². The molecule has 0 amide bonds. The number of aryl methyl sites for hydroxylation is 2. The van der Waals surface area contributed by atoms with Crippen molar-refractivity contribution in [1.29, 1.82) is 0 Å². The van der Waals surface area contributed by atoms with Crippen molar-refractivity contribution in [2.45, 2.75) is 32.2 Å². The predicted molar refractivity (Wildman–Crippen MR) is 134 cm³/mol. The molecule has 4 aromatic heterocycles. The van der Waals surface area contributed by atoms with Crippen molar-refractivity contribution in [1.82, 2.24) is 18.5 Å². The van der Waals surface area contributed by atoms with Gasteiger partial charge >= 0.3 is 5.69 Å². The molecule has 0 spiro atoms. The Hall–Kier alpha value is -3.49. The van der Waals surface area contributed by atoms with E-state index in [0.29, 0.717) is 32.3 Å². The normalized spacial score (nSPS) is 13.4. The second-order valence-corrected chi connectivity index (χ2v) is 9.91. The average Bonchev–Trinajstić information content (AvgIpc) is 3.23. The van der Waals surface area contributed by atoms with Gasteiger partial charge in [0.15, 0.2) is 0 Å². The molecule has 0 saturated carbocycles. The maximum absolute atomic E-state index is 13.7. The zero-order valence-electron chi connectivity index (χ0n) is 18.0. The Bertz CT molecular complexity index is 1760. The van der Waals surface area contributed by atoms with Crippen LogP contribution in [0.4, 0.5) is 0 Å². The monoisotopic (exact) mass is 490 g/mol. The summed E-state index contributed by atoms with van der Waals surface area (Å²) in [7, 11) is 0. The lowest BCUT2D eigenvalue weighted by Crippen LogP contribution is -2.39. The fourth-order valence-corrected chi connectivity index (χ4v) is 6.17. The summed E-state index contributed by atoms with van der Waals surface area (Å²) in [5, 5.41) is 1.11. The lowest BCUT2D eigenvalue weighted by molar-refractivity contribution is 0.692. The molecule has 0 bridgehead atoms. The van der Waals surface area contributed by atoms with Gasteiger partial charge in [-0.1, -0.05) is 17.7 Å². The van der Waals surface area contributed by atoms with E-state index in [4.69, 9.17) is 11.6 Å². The van der Waals surface area contributed by atoms with Gasteiger partial charge in [-0.15, -0.1) is 11.3 Å². The summed E-state index contributed by atoms with van der Waals surface area (Å²) < 4.78 is 4.24. The Morgan fingerprint density at radius 2 is 1.79 bits per heavy atom.